The second-order valence-corrected chi connectivity index (χ2v) is 9.86. The van der Waals surface area contributed by atoms with Crippen LogP contribution in [0.4, 0.5) is 26.3 Å². The summed E-state index contributed by atoms with van der Waals surface area (Å²) in [5.74, 6) is -1.21. The molecule has 0 unspecified atom stereocenters. The molecule has 0 fully saturated rings. The van der Waals surface area contributed by atoms with Gasteiger partial charge in [-0.15, -0.1) is 11.8 Å². The summed E-state index contributed by atoms with van der Waals surface area (Å²) in [5, 5.41) is 8.24. The Morgan fingerprint density at radius 2 is 1.50 bits per heavy atom. The van der Waals surface area contributed by atoms with Crippen LogP contribution in [0.2, 0.25) is 0 Å². The maximum atomic E-state index is 13.7. The summed E-state index contributed by atoms with van der Waals surface area (Å²) in [7, 11) is 0. The fraction of sp³-hybridized carbons (Fsp3) is 0.500. The molecular formula is C22H21F6N3S. The zero-order valence-electron chi connectivity index (χ0n) is 18.0. The monoisotopic (exact) mass is 473 g/mol. The zero-order chi connectivity index (χ0) is 24.3. The molecule has 172 valence electrons. The van der Waals surface area contributed by atoms with Crippen molar-refractivity contribution >= 4 is 23.3 Å². The molecule has 3 nitrogen and oxygen atoms in total. The van der Waals surface area contributed by atoms with Crippen LogP contribution in [0.3, 0.4) is 0 Å². The molecule has 1 aliphatic carbocycles. The third-order valence-corrected chi connectivity index (χ3v) is 7.17. The van der Waals surface area contributed by atoms with Crippen LogP contribution in [-0.4, -0.2) is 29.7 Å². The Morgan fingerprint density at radius 1 is 1.00 bits per heavy atom. The molecule has 1 aromatic carbocycles. The molecule has 0 saturated carbocycles. The van der Waals surface area contributed by atoms with Gasteiger partial charge in [-0.2, -0.15) is 31.6 Å². The predicted molar refractivity (Wildman–Crippen MR) is 113 cm³/mol. The summed E-state index contributed by atoms with van der Waals surface area (Å²) in [6, 6.07) is 8.53. The van der Waals surface area contributed by atoms with Gasteiger partial charge in [-0.3, -0.25) is 0 Å². The molecule has 0 spiro atoms. The van der Waals surface area contributed by atoms with Crippen molar-refractivity contribution in [2.75, 3.05) is 5.75 Å². The number of nitrogens with zero attached hydrogens (tertiary/aromatic N) is 3. The number of aliphatic imine (C=N–C) groups is 2. The van der Waals surface area contributed by atoms with E-state index in [0.717, 1.165) is 17.2 Å². The Balaban J connectivity index is 2.17. The first kappa shape index (κ1) is 24.4. The molecule has 1 aliphatic heterocycles. The highest BCUT2D eigenvalue weighted by Gasteiger charge is 2.68. The highest BCUT2D eigenvalue weighted by molar-refractivity contribution is 8.03. The third kappa shape index (κ3) is 3.54. The maximum absolute atomic E-state index is 13.7. The minimum atomic E-state index is -5.40. The minimum Gasteiger partial charge on any atom is -0.241 e. The first-order chi connectivity index (χ1) is 14.5. The van der Waals surface area contributed by atoms with Gasteiger partial charge in [-0.25, -0.2) is 9.98 Å². The highest BCUT2D eigenvalue weighted by atomic mass is 32.2. The number of hydrogen-bond acceptors (Lipinski definition) is 3. The van der Waals surface area contributed by atoms with Gasteiger partial charge in [0, 0.05) is 22.3 Å². The van der Waals surface area contributed by atoms with Gasteiger partial charge in [0.25, 0.3) is 0 Å². The lowest BCUT2D eigenvalue weighted by molar-refractivity contribution is -0.203. The Labute approximate surface area is 186 Å². The van der Waals surface area contributed by atoms with Crippen molar-refractivity contribution in [3.63, 3.8) is 0 Å². The molecule has 0 N–H and O–H groups in total. The Kier molecular flexibility index (Phi) is 5.61. The largest absolute Gasteiger partial charge is 0.417 e. The molecule has 2 aliphatic rings. The second kappa shape index (κ2) is 7.37. The first-order valence-electron chi connectivity index (χ1n) is 9.68. The van der Waals surface area contributed by atoms with Crippen LogP contribution < -0.4 is 0 Å². The summed E-state index contributed by atoms with van der Waals surface area (Å²) in [6.45, 7) is 9.08. The lowest BCUT2D eigenvalue weighted by Crippen LogP contribution is -2.43. The predicted octanol–water partition coefficient (Wildman–Crippen LogP) is 6.71. The lowest BCUT2D eigenvalue weighted by Gasteiger charge is -2.28. The van der Waals surface area contributed by atoms with Crippen molar-refractivity contribution in [3.8, 4) is 6.07 Å². The number of fused-ring (bicyclic) bond motifs is 1. The van der Waals surface area contributed by atoms with Crippen molar-refractivity contribution in [2.24, 2.45) is 15.4 Å². The maximum Gasteiger partial charge on any atom is 0.417 e. The summed E-state index contributed by atoms with van der Waals surface area (Å²) >= 11 is 0.269. The second-order valence-electron chi connectivity index (χ2n) is 8.90. The quantitative estimate of drug-likeness (QED) is 0.259. The van der Waals surface area contributed by atoms with Gasteiger partial charge in [0.05, 0.1) is 11.6 Å². The molecular weight excluding hydrogens is 452 g/mol. The average molecular weight is 473 g/mol. The standard InChI is InChI=1S/C22H21F6N3S/c1-12(31-17-18(2,3)13-8-6-7-9-14(13)19(17,4)5)30-16-15(21(23,24)25)20(10-29,11-32-16)22(26,27)28/h6-9H,11H2,1-5H3/b30-12+/t20-/m1/s1. The average Bonchev–Trinajstić information content (AvgIpc) is 3.11. The molecule has 3 rings (SSSR count). The number of nitriles is 1. The van der Waals surface area contributed by atoms with Crippen LogP contribution in [0.5, 0.6) is 0 Å². The summed E-state index contributed by atoms with van der Waals surface area (Å²) in [5.41, 5.74) is -4.06. The number of alkyl halides is 6. The van der Waals surface area contributed by atoms with Crippen molar-refractivity contribution in [1.29, 1.82) is 5.26 Å². The van der Waals surface area contributed by atoms with Crippen molar-refractivity contribution in [3.05, 3.63) is 46.0 Å². The van der Waals surface area contributed by atoms with E-state index in [-0.39, 0.29) is 17.6 Å². The van der Waals surface area contributed by atoms with E-state index in [2.05, 4.69) is 9.98 Å². The lowest BCUT2D eigenvalue weighted by atomic mass is 9.79. The number of allylic oxidation sites excluding steroid dienone is 1. The van der Waals surface area contributed by atoms with Gasteiger partial charge in [0.1, 0.15) is 10.9 Å². The molecule has 1 aromatic rings. The number of thioether (sulfide) groups is 1. The zero-order valence-corrected chi connectivity index (χ0v) is 18.9. The van der Waals surface area contributed by atoms with E-state index in [1.807, 2.05) is 52.0 Å². The Hall–Kier alpha value is -2.28. The van der Waals surface area contributed by atoms with E-state index in [4.69, 9.17) is 5.26 Å². The van der Waals surface area contributed by atoms with Crippen LogP contribution >= 0.6 is 11.8 Å². The van der Waals surface area contributed by atoms with Gasteiger partial charge >= 0.3 is 12.4 Å². The summed E-state index contributed by atoms with van der Waals surface area (Å²) < 4.78 is 81.7. The Bertz CT molecular complexity index is 1050. The molecule has 0 radical (unpaired) electrons. The van der Waals surface area contributed by atoms with E-state index in [9.17, 15) is 26.3 Å². The molecule has 1 heterocycles. The number of amidine groups is 1. The van der Waals surface area contributed by atoms with Crippen LogP contribution in [0, 0.1) is 16.7 Å². The number of benzene rings is 1. The summed E-state index contributed by atoms with van der Waals surface area (Å²) in [6.07, 6.45) is -10.8. The van der Waals surface area contributed by atoms with Gasteiger partial charge in [0.15, 0.2) is 5.41 Å². The topological polar surface area (TPSA) is 48.5 Å². The Morgan fingerprint density at radius 3 is 1.91 bits per heavy atom. The molecule has 0 aromatic heterocycles. The normalized spacial score (nSPS) is 25.1. The van der Waals surface area contributed by atoms with Gasteiger partial charge in [-0.05, 0) is 18.1 Å². The van der Waals surface area contributed by atoms with Crippen LogP contribution in [-0.2, 0) is 10.8 Å². The molecule has 1 atom stereocenters. The smallest absolute Gasteiger partial charge is 0.241 e. The van der Waals surface area contributed by atoms with E-state index in [1.54, 1.807) is 0 Å². The minimum absolute atomic E-state index is 0.103. The SMILES string of the molecule is C/C(N=C1C(C)(C)c2ccccc2C1(C)C)=N\C1=C(C(F)(F)F)[C@](C#N)(C(F)(F)F)CS1. The van der Waals surface area contributed by atoms with E-state index in [0.29, 0.717) is 5.71 Å². The van der Waals surface area contributed by atoms with Crippen LogP contribution in [0.15, 0.2) is 44.9 Å². The molecule has 32 heavy (non-hydrogen) atoms. The number of rotatable bonds is 1. The number of hydrogen-bond donors (Lipinski definition) is 0. The van der Waals surface area contributed by atoms with Gasteiger partial charge < -0.3 is 0 Å². The van der Waals surface area contributed by atoms with Crippen LogP contribution in [0.1, 0.15) is 45.7 Å². The fourth-order valence-corrected chi connectivity index (χ4v) is 5.91. The van der Waals surface area contributed by atoms with Gasteiger partial charge in [0.2, 0.25) is 0 Å². The third-order valence-electron chi connectivity index (χ3n) is 6.02. The fourth-order valence-electron chi connectivity index (χ4n) is 4.55. The summed E-state index contributed by atoms with van der Waals surface area (Å²) in [4.78, 5) is 8.34. The van der Waals surface area contributed by atoms with E-state index in [1.165, 1.54) is 6.92 Å². The van der Waals surface area contributed by atoms with Crippen molar-refractivity contribution < 1.29 is 26.3 Å². The molecule has 10 heteroatoms. The highest BCUT2D eigenvalue weighted by Crippen LogP contribution is 2.59. The van der Waals surface area contributed by atoms with Crippen molar-refractivity contribution in [2.45, 2.75) is 57.8 Å². The van der Waals surface area contributed by atoms with Crippen molar-refractivity contribution in [1.82, 2.24) is 0 Å². The first-order valence-corrected chi connectivity index (χ1v) is 10.7. The molecule has 0 bridgehead atoms. The molecule has 0 amide bonds. The van der Waals surface area contributed by atoms with E-state index < -0.39 is 45.0 Å². The molecule has 0 saturated heterocycles. The van der Waals surface area contributed by atoms with Gasteiger partial charge in [-0.1, -0.05) is 52.0 Å². The van der Waals surface area contributed by atoms with Crippen LogP contribution in [0.25, 0.3) is 0 Å². The number of halogens is 6. The van der Waals surface area contributed by atoms with E-state index >= 15 is 0 Å².